The van der Waals surface area contributed by atoms with E-state index in [0.29, 0.717) is 16.5 Å². The van der Waals surface area contributed by atoms with Gasteiger partial charge < -0.3 is 19.9 Å². The number of nitrogens with one attached hydrogen (secondary N) is 1. The molecule has 1 aromatic heterocycles. The number of phenols is 1. The van der Waals surface area contributed by atoms with Gasteiger partial charge in [-0.15, -0.1) is 0 Å². The van der Waals surface area contributed by atoms with Crippen molar-refractivity contribution in [3.05, 3.63) is 39.2 Å². The number of phenolic OH excluding ortho intramolecular Hbond substituents is 1. The van der Waals surface area contributed by atoms with E-state index in [1.54, 1.807) is 26.8 Å². The average Bonchev–Trinajstić information content (AvgIpc) is 2.52. The Kier molecular flexibility index (Phi) is 4.92. The second-order valence-corrected chi connectivity index (χ2v) is 5.62. The summed E-state index contributed by atoms with van der Waals surface area (Å²) in [6.07, 6.45) is -0.0291. The molecule has 128 valence electrons. The number of carboxylic acid groups (broad SMARTS) is 1. The smallest absolute Gasteiger partial charge is 0.340 e. The molecule has 0 saturated carbocycles. The normalized spacial score (nSPS) is 12.1. The van der Waals surface area contributed by atoms with Crippen LogP contribution in [0.1, 0.15) is 30.0 Å². The van der Waals surface area contributed by atoms with Crippen LogP contribution in [0, 0.1) is 13.8 Å². The van der Waals surface area contributed by atoms with E-state index in [0.717, 1.165) is 0 Å². The molecule has 0 aliphatic carbocycles. The van der Waals surface area contributed by atoms with E-state index in [9.17, 15) is 19.5 Å². The first kappa shape index (κ1) is 17.5. The number of benzene rings is 1. The third-order valence-corrected chi connectivity index (χ3v) is 4.05. The Bertz CT molecular complexity index is 867. The van der Waals surface area contributed by atoms with E-state index in [-0.39, 0.29) is 29.7 Å². The summed E-state index contributed by atoms with van der Waals surface area (Å²) in [4.78, 5) is 35.2. The van der Waals surface area contributed by atoms with Crippen molar-refractivity contribution in [1.29, 1.82) is 0 Å². The number of carboxylic acids is 1. The lowest BCUT2D eigenvalue weighted by Gasteiger charge is -2.13. The molecule has 2 aromatic rings. The molecule has 1 atom stereocenters. The van der Waals surface area contributed by atoms with Crippen LogP contribution in [-0.2, 0) is 16.0 Å². The second kappa shape index (κ2) is 6.74. The highest BCUT2D eigenvalue weighted by molar-refractivity contribution is 5.88. The summed E-state index contributed by atoms with van der Waals surface area (Å²) in [5.41, 5.74) is 0.791. The van der Waals surface area contributed by atoms with Gasteiger partial charge in [-0.25, -0.2) is 9.59 Å². The minimum Gasteiger partial charge on any atom is -0.508 e. The third kappa shape index (κ3) is 3.24. The minimum absolute atomic E-state index is 0.0165. The van der Waals surface area contributed by atoms with Gasteiger partial charge in [0, 0.05) is 10.9 Å². The lowest BCUT2D eigenvalue weighted by molar-refractivity contribution is -0.141. The number of hydrogen-bond donors (Lipinski definition) is 3. The fourth-order valence-corrected chi connectivity index (χ4v) is 2.53. The van der Waals surface area contributed by atoms with Crippen LogP contribution in [-0.4, -0.2) is 28.1 Å². The molecule has 7 nitrogen and oxygen atoms in total. The van der Waals surface area contributed by atoms with Gasteiger partial charge in [-0.05, 0) is 38.0 Å². The Morgan fingerprint density at radius 3 is 2.50 bits per heavy atom. The van der Waals surface area contributed by atoms with Gasteiger partial charge in [0.25, 0.3) is 0 Å². The number of hydrogen-bond acceptors (Lipinski definition) is 5. The van der Waals surface area contributed by atoms with E-state index in [1.807, 2.05) is 0 Å². The first-order valence-corrected chi connectivity index (χ1v) is 7.53. The third-order valence-electron chi connectivity index (χ3n) is 4.05. The molecule has 7 heteroatoms. The predicted octanol–water partition coefficient (Wildman–Crippen LogP) is 1.64. The van der Waals surface area contributed by atoms with Crippen LogP contribution < -0.4 is 10.9 Å². The summed E-state index contributed by atoms with van der Waals surface area (Å²) in [5, 5.41) is 21.7. The fraction of sp³-hybridized carbons (Fsp3) is 0.353. The number of carbonyl (C=O) groups is 2. The molecule has 2 rings (SSSR count). The Balaban J connectivity index is 2.40. The zero-order chi connectivity index (χ0) is 18.0. The van der Waals surface area contributed by atoms with Crippen LogP contribution in [0.25, 0.3) is 11.0 Å². The lowest BCUT2D eigenvalue weighted by atomic mass is 10.0. The number of aliphatic carboxylic acids is 1. The van der Waals surface area contributed by atoms with Gasteiger partial charge in [0.2, 0.25) is 5.91 Å². The van der Waals surface area contributed by atoms with Gasteiger partial charge in [0.1, 0.15) is 17.4 Å². The molecule has 3 N–H and O–H groups in total. The van der Waals surface area contributed by atoms with Crippen molar-refractivity contribution in [1.82, 2.24) is 5.32 Å². The maximum Gasteiger partial charge on any atom is 0.340 e. The number of rotatable bonds is 5. The van der Waals surface area contributed by atoms with Gasteiger partial charge in [0.05, 0.1) is 12.0 Å². The number of amides is 1. The Morgan fingerprint density at radius 1 is 1.25 bits per heavy atom. The van der Waals surface area contributed by atoms with Gasteiger partial charge in [0.15, 0.2) is 0 Å². The van der Waals surface area contributed by atoms with Crippen LogP contribution in [0.2, 0.25) is 0 Å². The van der Waals surface area contributed by atoms with Crippen molar-refractivity contribution < 1.29 is 24.2 Å². The highest BCUT2D eigenvalue weighted by atomic mass is 16.4. The average molecular weight is 333 g/mol. The number of aromatic hydroxyl groups is 1. The van der Waals surface area contributed by atoms with Crippen molar-refractivity contribution in [2.75, 3.05) is 0 Å². The summed E-state index contributed by atoms with van der Waals surface area (Å²) < 4.78 is 5.25. The maximum atomic E-state index is 12.2. The molecular formula is C17H19NO6. The van der Waals surface area contributed by atoms with E-state index in [1.165, 1.54) is 6.07 Å². The van der Waals surface area contributed by atoms with Gasteiger partial charge >= 0.3 is 11.6 Å². The van der Waals surface area contributed by atoms with Crippen molar-refractivity contribution in [3.8, 4) is 5.75 Å². The Morgan fingerprint density at radius 2 is 1.92 bits per heavy atom. The van der Waals surface area contributed by atoms with Crippen molar-refractivity contribution in [2.45, 2.75) is 39.7 Å². The molecule has 0 aliphatic rings. The number of aryl methyl sites for hydroxylation is 2. The molecule has 0 aliphatic heterocycles. The van der Waals surface area contributed by atoms with Crippen LogP contribution in [0.4, 0.5) is 0 Å². The zero-order valence-electron chi connectivity index (χ0n) is 13.7. The summed E-state index contributed by atoms with van der Waals surface area (Å²) in [5.74, 6) is -1.67. The summed E-state index contributed by atoms with van der Waals surface area (Å²) in [7, 11) is 0. The van der Waals surface area contributed by atoms with E-state index < -0.39 is 23.5 Å². The van der Waals surface area contributed by atoms with E-state index in [2.05, 4.69) is 5.32 Å². The van der Waals surface area contributed by atoms with Crippen LogP contribution in [0.15, 0.2) is 21.3 Å². The van der Waals surface area contributed by atoms with Crippen LogP contribution in [0.5, 0.6) is 5.75 Å². The van der Waals surface area contributed by atoms with Gasteiger partial charge in [-0.2, -0.15) is 0 Å². The largest absolute Gasteiger partial charge is 0.508 e. The van der Waals surface area contributed by atoms with Crippen molar-refractivity contribution in [2.24, 2.45) is 0 Å². The quantitative estimate of drug-likeness (QED) is 0.716. The minimum atomic E-state index is -1.13. The highest BCUT2D eigenvalue weighted by Gasteiger charge is 2.21. The van der Waals surface area contributed by atoms with Crippen molar-refractivity contribution in [3.63, 3.8) is 0 Å². The topological polar surface area (TPSA) is 117 Å². The predicted molar refractivity (Wildman–Crippen MR) is 87.2 cm³/mol. The SMILES string of the molecule is CC[C@H](NC(=O)Cc1c(C)c2ccc(O)c(C)c2oc1=O)C(=O)O. The summed E-state index contributed by atoms with van der Waals surface area (Å²) >= 11 is 0. The summed E-state index contributed by atoms with van der Waals surface area (Å²) in [6.45, 7) is 4.96. The highest BCUT2D eigenvalue weighted by Crippen LogP contribution is 2.28. The monoisotopic (exact) mass is 333 g/mol. The van der Waals surface area contributed by atoms with Gasteiger partial charge in [-0.1, -0.05) is 6.92 Å². The number of fused-ring (bicyclic) bond motifs is 1. The van der Waals surface area contributed by atoms with E-state index in [4.69, 9.17) is 9.52 Å². The Hall–Kier alpha value is -2.83. The molecule has 0 unspecified atom stereocenters. The number of carbonyl (C=O) groups excluding carboxylic acids is 1. The van der Waals surface area contributed by atoms with Gasteiger partial charge in [-0.3, -0.25) is 4.79 Å². The molecule has 0 bridgehead atoms. The molecule has 24 heavy (non-hydrogen) atoms. The fourth-order valence-electron chi connectivity index (χ4n) is 2.53. The van der Waals surface area contributed by atoms with Crippen LogP contribution in [0.3, 0.4) is 0 Å². The van der Waals surface area contributed by atoms with Crippen LogP contribution >= 0.6 is 0 Å². The molecular weight excluding hydrogens is 314 g/mol. The second-order valence-electron chi connectivity index (χ2n) is 5.62. The van der Waals surface area contributed by atoms with E-state index >= 15 is 0 Å². The molecule has 0 fully saturated rings. The maximum absolute atomic E-state index is 12.2. The molecule has 1 aromatic carbocycles. The molecule has 0 spiro atoms. The lowest BCUT2D eigenvalue weighted by Crippen LogP contribution is -2.41. The molecule has 0 radical (unpaired) electrons. The molecule has 1 heterocycles. The summed E-state index contributed by atoms with van der Waals surface area (Å²) in [6, 6.07) is 2.11. The molecule has 0 saturated heterocycles. The Labute approximate surface area is 137 Å². The molecule has 1 amide bonds. The zero-order valence-corrected chi connectivity index (χ0v) is 13.7. The first-order chi connectivity index (χ1) is 11.3. The standard InChI is InChI=1S/C17H19NO6/c1-4-12(16(21)22)18-14(20)7-11-8(2)10-5-6-13(19)9(3)15(10)24-17(11)23/h5-6,12,19H,4,7H2,1-3H3,(H,18,20)(H,21,22)/t12-/m0/s1. The van der Waals surface area contributed by atoms with Crippen molar-refractivity contribution >= 4 is 22.8 Å². The first-order valence-electron chi connectivity index (χ1n) is 7.53.